The molecule has 0 saturated carbocycles. The van der Waals surface area contributed by atoms with Gasteiger partial charge in [0.15, 0.2) is 11.5 Å². The van der Waals surface area contributed by atoms with E-state index in [1.54, 1.807) is 13.2 Å². The molecule has 0 saturated heterocycles. The Morgan fingerprint density at radius 1 is 1.61 bits per heavy atom. The highest BCUT2D eigenvalue weighted by atomic mass is 16.1. The SMILES string of the molecule is CNc1cn2ccnc2c(NC(C)CC(N)=O)n1. The van der Waals surface area contributed by atoms with Crippen LogP contribution in [0.15, 0.2) is 18.6 Å². The number of carbonyl (C=O) groups excluding carboxylic acids is 1. The van der Waals surface area contributed by atoms with Crippen LogP contribution in [0, 0.1) is 0 Å². The molecule has 2 aromatic heterocycles. The van der Waals surface area contributed by atoms with Crippen LogP contribution in [0.3, 0.4) is 0 Å². The predicted molar refractivity (Wildman–Crippen MR) is 69.4 cm³/mol. The largest absolute Gasteiger partial charge is 0.372 e. The summed E-state index contributed by atoms with van der Waals surface area (Å²) in [7, 11) is 1.79. The summed E-state index contributed by atoms with van der Waals surface area (Å²) in [4.78, 5) is 19.5. The normalized spacial score (nSPS) is 12.3. The maximum Gasteiger partial charge on any atom is 0.219 e. The summed E-state index contributed by atoms with van der Waals surface area (Å²) in [5, 5.41) is 6.11. The minimum Gasteiger partial charge on any atom is -0.372 e. The van der Waals surface area contributed by atoms with Crippen LogP contribution >= 0.6 is 0 Å². The molecule has 0 bridgehead atoms. The van der Waals surface area contributed by atoms with Gasteiger partial charge in [-0.3, -0.25) is 4.79 Å². The summed E-state index contributed by atoms with van der Waals surface area (Å²) >= 11 is 0. The maximum atomic E-state index is 10.9. The lowest BCUT2D eigenvalue weighted by atomic mass is 10.2. The number of anilines is 2. The van der Waals surface area contributed by atoms with E-state index in [4.69, 9.17) is 5.73 Å². The highest BCUT2D eigenvalue weighted by Crippen LogP contribution is 2.17. The van der Waals surface area contributed by atoms with Crippen LogP contribution in [0.4, 0.5) is 11.6 Å². The van der Waals surface area contributed by atoms with E-state index >= 15 is 0 Å². The van der Waals surface area contributed by atoms with Crippen LogP contribution in [-0.4, -0.2) is 33.4 Å². The zero-order chi connectivity index (χ0) is 13.1. The topological polar surface area (TPSA) is 97.3 Å². The van der Waals surface area contributed by atoms with Crippen molar-refractivity contribution in [1.29, 1.82) is 0 Å². The van der Waals surface area contributed by atoms with Gasteiger partial charge in [-0.05, 0) is 6.92 Å². The van der Waals surface area contributed by atoms with Gasteiger partial charge >= 0.3 is 0 Å². The second-order valence-electron chi connectivity index (χ2n) is 4.10. The molecule has 1 unspecified atom stereocenters. The minimum atomic E-state index is -0.348. The molecule has 2 heterocycles. The first-order valence-corrected chi connectivity index (χ1v) is 5.66. The van der Waals surface area contributed by atoms with Crippen LogP contribution in [0.2, 0.25) is 0 Å². The molecule has 1 amide bonds. The van der Waals surface area contributed by atoms with Gasteiger partial charge < -0.3 is 20.8 Å². The third-order valence-corrected chi connectivity index (χ3v) is 2.52. The van der Waals surface area contributed by atoms with Gasteiger partial charge in [0.1, 0.15) is 5.82 Å². The van der Waals surface area contributed by atoms with Crippen LogP contribution in [0.25, 0.3) is 5.65 Å². The minimum absolute atomic E-state index is 0.0948. The molecule has 0 spiro atoms. The number of amides is 1. The second kappa shape index (κ2) is 4.91. The van der Waals surface area contributed by atoms with Crippen molar-refractivity contribution in [3.8, 4) is 0 Å². The lowest BCUT2D eigenvalue weighted by molar-refractivity contribution is -0.118. The summed E-state index contributed by atoms with van der Waals surface area (Å²) in [6.07, 6.45) is 5.62. The summed E-state index contributed by atoms with van der Waals surface area (Å²) in [6, 6.07) is -0.0948. The van der Waals surface area contributed by atoms with Gasteiger partial charge in [0.2, 0.25) is 5.91 Å². The molecule has 0 aliphatic heterocycles. The fourth-order valence-corrected chi connectivity index (χ4v) is 1.74. The Kier molecular flexibility index (Phi) is 3.31. The van der Waals surface area contributed by atoms with Crippen molar-refractivity contribution in [3.63, 3.8) is 0 Å². The highest BCUT2D eigenvalue weighted by molar-refractivity contribution is 5.75. The maximum absolute atomic E-state index is 10.9. The van der Waals surface area contributed by atoms with E-state index < -0.39 is 0 Å². The van der Waals surface area contributed by atoms with Crippen LogP contribution in [-0.2, 0) is 4.79 Å². The van der Waals surface area contributed by atoms with Crippen molar-refractivity contribution < 1.29 is 4.79 Å². The number of imidazole rings is 1. The van der Waals surface area contributed by atoms with Gasteiger partial charge in [-0.15, -0.1) is 0 Å². The number of hydrogen-bond donors (Lipinski definition) is 3. The Labute approximate surface area is 104 Å². The molecular formula is C11H16N6O. The Morgan fingerprint density at radius 3 is 3.06 bits per heavy atom. The second-order valence-corrected chi connectivity index (χ2v) is 4.10. The first kappa shape index (κ1) is 12.2. The number of primary amides is 1. The number of carbonyl (C=O) groups is 1. The molecule has 0 radical (unpaired) electrons. The van der Waals surface area contributed by atoms with Crippen molar-refractivity contribution in [2.75, 3.05) is 17.7 Å². The lowest BCUT2D eigenvalue weighted by Crippen LogP contribution is -2.24. The van der Waals surface area contributed by atoms with Crippen molar-refractivity contribution in [2.45, 2.75) is 19.4 Å². The van der Waals surface area contributed by atoms with Crippen molar-refractivity contribution in [1.82, 2.24) is 14.4 Å². The number of aromatic nitrogens is 3. The summed E-state index contributed by atoms with van der Waals surface area (Å²) in [5.74, 6) is 0.994. The monoisotopic (exact) mass is 248 g/mol. The third-order valence-electron chi connectivity index (χ3n) is 2.52. The lowest BCUT2D eigenvalue weighted by Gasteiger charge is -2.14. The van der Waals surface area contributed by atoms with Gasteiger partial charge in [-0.1, -0.05) is 0 Å². The zero-order valence-electron chi connectivity index (χ0n) is 10.3. The number of nitrogens with zero attached hydrogens (tertiary/aromatic N) is 3. The average molecular weight is 248 g/mol. The smallest absolute Gasteiger partial charge is 0.219 e. The third kappa shape index (κ3) is 2.50. The fraction of sp³-hybridized carbons (Fsp3) is 0.364. The number of nitrogens with one attached hydrogen (secondary N) is 2. The molecule has 0 aliphatic rings. The van der Waals surface area contributed by atoms with E-state index in [1.807, 2.05) is 23.7 Å². The molecular weight excluding hydrogens is 232 g/mol. The predicted octanol–water partition coefficient (Wildman–Crippen LogP) is 0.447. The number of hydrogen-bond acceptors (Lipinski definition) is 5. The molecule has 7 nitrogen and oxygen atoms in total. The first-order valence-electron chi connectivity index (χ1n) is 5.66. The van der Waals surface area contributed by atoms with Crippen LogP contribution in [0.1, 0.15) is 13.3 Å². The Bertz CT molecular complexity index is 564. The van der Waals surface area contributed by atoms with E-state index in [1.165, 1.54) is 0 Å². The standard InChI is InChI=1S/C11H16N6O/c1-7(5-8(12)18)15-10-11-14-3-4-17(11)6-9(13-2)16-10/h3-4,6-7,13H,5H2,1-2H3,(H2,12,18)(H,15,16). The molecule has 1 atom stereocenters. The molecule has 0 aliphatic carbocycles. The zero-order valence-corrected chi connectivity index (χ0v) is 10.3. The molecule has 2 rings (SSSR count). The molecule has 4 N–H and O–H groups in total. The van der Waals surface area contributed by atoms with E-state index in [0.717, 1.165) is 0 Å². The van der Waals surface area contributed by atoms with Crippen molar-refractivity contribution in [2.24, 2.45) is 5.73 Å². The molecule has 96 valence electrons. The molecule has 0 fully saturated rings. The average Bonchev–Trinajstić information content (AvgIpc) is 2.75. The number of nitrogens with two attached hydrogens (primary N) is 1. The molecule has 18 heavy (non-hydrogen) atoms. The number of rotatable bonds is 5. The molecule has 7 heteroatoms. The highest BCUT2D eigenvalue weighted by Gasteiger charge is 2.11. The first-order chi connectivity index (χ1) is 8.60. The van der Waals surface area contributed by atoms with Gasteiger partial charge in [0.25, 0.3) is 0 Å². The van der Waals surface area contributed by atoms with E-state index in [-0.39, 0.29) is 18.4 Å². The van der Waals surface area contributed by atoms with Gasteiger partial charge in [0.05, 0.1) is 6.20 Å². The van der Waals surface area contributed by atoms with Gasteiger partial charge in [-0.2, -0.15) is 0 Å². The number of fused-ring (bicyclic) bond motifs is 1. The fourth-order valence-electron chi connectivity index (χ4n) is 1.74. The molecule has 0 aromatic carbocycles. The summed E-state index contributed by atoms with van der Waals surface area (Å²) in [6.45, 7) is 1.87. The van der Waals surface area contributed by atoms with Crippen molar-refractivity contribution in [3.05, 3.63) is 18.6 Å². The van der Waals surface area contributed by atoms with E-state index in [9.17, 15) is 4.79 Å². The van der Waals surface area contributed by atoms with Crippen molar-refractivity contribution >= 4 is 23.2 Å². The van der Waals surface area contributed by atoms with Crippen LogP contribution < -0.4 is 16.4 Å². The summed E-state index contributed by atoms with van der Waals surface area (Å²) < 4.78 is 1.86. The summed E-state index contributed by atoms with van der Waals surface area (Å²) in [5.41, 5.74) is 5.88. The van der Waals surface area contributed by atoms with E-state index in [2.05, 4.69) is 20.6 Å². The van der Waals surface area contributed by atoms with Gasteiger partial charge in [0, 0.05) is 31.9 Å². The van der Waals surface area contributed by atoms with Gasteiger partial charge in [-0.25, -0.2) is 9.97 Å². The Hall–Kier alpha value is -2.31. The quantitative estimate of drug-likeness (QED) is 0.713. The Morgan fingerprint density at radius 2 is 2.39 bits per heavy atom. The van der Waals surface area contributed by atoms with E-state index in [0.29, 0.717) is 17.3 Å². The molecule has 2 aromatic rings. The van der Waals surface area contributed by atoms with Crippen LogP contribution in [0.5, 0.6) is 0 Å². The Balaban J connectivity index is 2.30.